The molecule has 0 aliphatic carbocycles. The Balaban J connectivity index is 1.36. The van der Waals surface area contributed by atoms with Crippen LogP contribution in [0.25, 0.3) is 5.76 Å². The van der Waals surface area contributed by atoms with Gasteiger partial charge in [-0.2, -0.15) is 0 Å². The SMILES string of the molecule is COc1cc([C@@H]2/C(=C(\O)c3ccc4c(c3)C[C@@H](C)O4)C(=O)C(=O)N2CCCn2ccnc2)ccc1OCc1ccccc1. The fourth-order valence-corrected chi connectivity index (χ4v) is 5.73. The Kier molecular flexibility index (Phi) is 7.87. The van der Waals surface area contributed by atoms with Crippen LogP contribution in [0.1, 0.15) is 41.6 Å². The average Bonchev–Trinajstić information content (AvgIpc) is 3.74. The number of aromatic nitrogens is 2. The first-order valence-corrected chi connectivity index (χ1v) is 14.3. The highest BCUT2D eigenvalue weighted by Crippen LogP contribution is 2.43. The lowest BCUT2D eigenvalue weighted by molar-refractivity contribution is -0.139. The van der Waals surface area contributed by atoms with Gasteiger partial charge in [0.1, 0.15) is 24.2 Å². The van der Waals surface area contributed by atoms with E-state index in [-0.39, 0.29) is 17.4 Å². The van der Waals surface area contributed by atoms with Crippen LogP contribution >= 0.6 is 0 Å². The number of Topliss-reactive ketones (excluding diaryl/α,β-unsaturated/α-hetero) is 1. The molecule has 1 aromatic heterocycles. The maximum atomic E-state index is 13.6. The van der Waals surface area contributed by atoms with Gasteiger partial charge in [-0.25, -0.2) is 4.98 Å². The highest BCUT2D eigenvalue weighted by molar-refractivity contribution is 6.46. The zero-order valence-corrected chi connectivity index (χ0v) is 24.1. The Hall–Kier alpha value is -5.05. The zero-order valence-electron chi connectivity index (χ0n) is 24.1. The van der Waals surface area contributed by atoms with Gasteiger partial charge in [0.2, 0.25) is 0 Å². The van der Waals surface area contributed by atoms with Crippen molar-refractivity contribution in [3.63, 3.8) is 0 Å². The van der Waals surface area contributed by atoms with Crippen molar-refractivity contribution < 1.29 is 28.9 Å². The van der Waals surface area contributed by atoms with Crippen LogP contribution in [-0.2, 0) is 29.2 Å². The number of methoxy groups -OCH3 is 1. The summed E-state index contributed by atoms with van der Waals surface area (Å²) in [6.07, 6.45) is 6.57. The van der Waals surface area contributed by atoms with E-state index >= 15 is 0 Å². The molecule has 9 heteroatoms. The van der Waals surface area contributed by atoms with Crippen molar-refractivity contribution in [1.29, 1.82) is 0 Å². The molecule has 1 N–H and O–H groups in total. The number of carbonyl (C=O) groups excluding carboxylic acids is 2. The van der Waals surface area contributed by atoms with Crippen LogP contribution in [0.2, 0.25) is 0 Å². The minimum atomic E-state index is -0.816. The summed E-state index contributed by atoms with van der Waals surface area (Å²) in [6, 6.07) is 19.7. The Labute approximate surface area is 250 Å². The number of nitrogens with zero attached hydrogens (tertiary/aromatic N) is 3. The number of fused-ring (bicyclic) bond motifs is 1. The van der Waals surface area contributed by atoms with Crippen LogP contribution in [0, 0.1) is 0 Å². The second-order valence-corrected chi connectivity index (χ2v) is 10.8. The molecular formula is C34H33N3O6. The van der Waals surface area contributed by atoms with E-state index in [1.54, 1.807) is 43.9 Å². The summed E-state index contributed by atoms with van der Waals surface area (Å²) in [4.78, 5) is 32.6. The van der Waals surface area contributed by atoms with Gasteiger partial charge in [-0.3, -0.25) is 9.59 Å². The van der Waals surface area contributed by atoms with E-state index < -0.39 is 17.7 Å². The summed E-state index contributed by atoms with van der Waals surface area (Å²) in [7, 11) is 1.55. The molecule has 0 radical (unpaired) electrons. The fourth-order valence-electron chi connectivity index (χ4n) is 5.73. The van der Waals surface area contributed by atoms with E-state index in [0.29, 0.717) is 55.2 Å². The number of benzene rings is 3. The third-order valence-corrected chi connectivity index (χ3v) is 7.82. The molecule has 1 amide bonds. The summed E-state index contributed by atoms with van der Waals surface area (Å²) in [6.45, 7) is 3.25. The molecule has 1 saturated heterocycles. The smallest absolute Gasteiger partial charge is 0.295 e. The highest BCUT2D eigenvalue weighted by atomic mass is 16.5. The maximum absolute atomic E-state index is 13.6. The third-order valence-electron chi connectivity index (χ3n) is 7.82. The van der Waals surface area contributed by atoms with Gasteiger partial charge in [0.25, 0.3) is 11.7 Å². The predicted octanol–water partition coefficient (Wildman–Crippen LogP) is 5.31. The number of ether oxygens (including phenoxy) is 3. The quantitative estimate of drug-likeness (QED) is 0.154. The Morgan fingerprint density at radius 1 is 1.05 bits per heavy atom. The molecule has 2 atom stereocenters. The van der Waals surface area contributed by atoms with E-state index in [9.17, 15) is 14.7 Å². The second kappa shape index (κ2) is 12.1. The highest BCUT2D eigenvalue weighted by Gasteiger charge is 2.46. The first kappa shape index (κ1) is 28.1. The Morgan fingerprint density at radius 2 is 1.88 bits per heavy atom. The van der Waals surface area contributed by atoms with Gasteiger partial charge in [-0.1, -0.05) is 36.4 Å². The molecule has 6 rings (SSSR count). The Bertz CT molecular complexity index is 1660. The summed E-state index contributed by atoms with van der Waals surface area (Å²) in [5, 5.41) is 11.6. The molecule has 2 aliphatic heterocycles. The van der Waals surface area contributed by atoms with Gasteiger partial charge in [0, 0.05) is 37.5 Å². The van der Waals surface area contributed by atoms with Crippen LogP contribution in [0.4, 0.5) is 0 Å². The van der Waals surface area contributed by atoms with Gasteiger partial charge < -0.3 is 28.8 Å². The van der Waals surface area contributed by atoms with Gasteiger partial charge in [-0.05, 0) is 60.4 Å². The molecule has 3 heterocycles. The molecule has 0 bridgehead atoms. The number of amides is 1. The van der Waals surface area contributed by atoms with Crippen molar-refractivity contribution >= 4 is 17.4 Å². The molecule has 2 aliphatic rings. The lowest BCUT2D eigenvalue weighted by Gasteiger charge is -2.26. The van der Waals surface area contributed by atoms with E-state index in [2.05, 4.69) is 4.98 Å². The lowest BCUT2D eigenvalue weighted by Crippen LogP contribution is -2.31. The number of ketones is 1. The number of carbonyl (C=O) groups is 2. The lowest BCUT2D eigenvalue weighted by atomic mass is 9.94. The summed E-state index contributed by atoms with van der Waals surface area (Å²) < 4.78 is 19.5. The maximum Gasteiger partial charge on any atom is 0.295 e. The molecule has 43 heavy (non-hydrogen) atoms. The normalized spacial score (nSPS) is 18.9. The monoisotopic (exact) mass is 579 g/mol. The minimum absolute atomic E-state index is 0.0311. The number of rotatable bonds is 10. The largest absolute Gasteiger partial charge is 0.507 e. The molecule has 4 aromatic rings. The summed E-state index contributed by atoms with van der Waals surface area (Å²) >= 11 is 0. The van der Waals surface area contributed by atoms with Crippen LogP contribution in [0.3, 0.4) is 0 Å². The van der Waals surface area contributed by atoms with Gasteiger partial charge in [-0.15, -0.1) is 0 Å². The molecule has 0 saturated carbocycles. The van der Waals surface area contributed by atoms with Crippen molar-refractivity contribution in [3.05, 3.63) is 113 Å². The average molecular weight is 580 g/mol. The summed E-state index contributed by atoms with van der Waals surface area (Å²) in [5.74, 6) is 0.154. The number of aliphatic hydroxyl groups excluding tert-OH is 1. The molecule has 9 nitrogen and oxygen atoms in total. The van der Waals surface area contributed by atoms with Crippen LogP contribution < -0.4 is 14.2 Å². The van der Waals surface area contributed by atoms with Gasteiger partial charge in [0.05, 0.1) is 25.1 Å². The van der Waals surface area contributed by atoms with Crippen LogP contribution in [0.15, 0.2) is 91.0 Å². The van der Waals surface area contributed by atoms with Crippen LogP contribution in [0.5, 0.6) is 17.2 Å². The predicted molar refractivity (Wildman–Crippen MR) is 160 cm³/mol. The van der Waals surface area contributed by atoms with Crippen molar-refractivity contribution in [2.45, 2.75) is 45.1 Å². The van der Waals surface area contributed by atoms with Gasteiger partial charge >= 0.3 is 0 Å². The standard InChI is InChI=1S/C34H33N3O6/c1-22-17-26-18-25(10-11-27(26)43-22)32(38)30-31(37(34(40)33(30)39)15-6-14-36-16-13-35-21-36)24-9-12-28(29(19-24)41-2)42-20-23-7-4-3-5-8-23/h3-5,7-13,16,18-19,21-22,31,38H,6,14-15,17,20H2,1-2H3/b32-30+/t22-,31-/m1/s1. The van der Waals surface area contributed by atoms with Crippen molar-refractivity contribution in [3.8, 4) is 17.2 Å². The third kappa shape index (κ3) is 5.70. The van der Waals surface area contributed by atoms with E-state index in [4.69, 9.17) is 14.2 Å². The van der Waals surface area contributed by atoms with Crippen LogP contribution in [-0.4, -0.2) is 51.0 Å². The molecule has 3 aromatic carbocycles. The molecule has 0 spiro atoms. The van der Waals surface area contributed by atoms with E-state index in [0.717, 1.165) is 16.9 Å². The Morgan fingerprint density at radius 3 is 2.65 bits per heavy atom. The topological polar surface area (TPSA) is 103 Å². The minimum Gasteiger partial charge on any atom is -0.507 e. The van der Waals surface area contributed by atoms with Crippen molar-refractivity contribution in [2.75, 3.05) is 13.7 Å². The van der Waals surface area contributed by atoms with E-state index in [1.807, 2.05) is 60.2 Å². The number of hydrogen-bond acceptors (Lipinski definition) is 7. The number of imidazole rings is 1. The fraction of sp³-hybridized carbons (Fsp3) is 0.265. The van der Waals surface area contributed by atoms with Crippen molar-refractivity contribution in [1.82, 2.24) is 14.5 Å². The summed E-state index contributed by atoms with van der Waals surface area (Å²) in [5.41, 5.74) is 3.09. The first-order chi connectivity index (χ1) is 20.9. The molecule has 220 valence electrons. The molecule has 0 unspecified atom stereocenters. The van der Waals surface area contributed by atoms with E-state index in [1.165, 1.54) is 4.90 Å². The molecule has 1 fully saturated rings. The van der Waals surface area contributed by atoms with Crippen molar-refractivity contribution in [2.24, 2.45) is 0 Å². The number of aliphatic hydroxyl groups is 1. The number of aryl methyl sites for hydroxylation is 1. The van der Waals surface area contributed by atoms with Gasteiger partial charge in [0.15, 0.2) is 11.5 Å². The molecular weight excluding hydrogens is 546 g/mol. The number of hydrogen-bond donors (Lipinski definition) is 1. The first-order valence-electron chi connectivity index (χ1n) is 14.3. The number of likely N-dealkylation sites (tertiary alicyclic amines) is 1. The second-order valence-electron chi connectivity index (χ2n) is 10.8. The zero-order chi connectivity index (χ0) is 29.9.